The van der Waals surface area contributed by atoms with Crippen molar-refractivity contribution < 1.29 is 0 Å². The van der Waals surface area contributed by atoms with Gasteiger partial charge < -0.3 is 4.90 Å². The lowest BCUT2D eigenvalue weighted by Crippen LogP contribution is -2.28. The Kier molecular flexibility index (Phi) is 4.27. The zero-order valence-corrected chi connectivity index (χ0v) is 14.4. The highest BCUT2D eigenvalue weighted by molar-refractivity contribution is 7.09. The van der Waals surface area contributed by atoms with Gasteiger partial charge in [0.25, 0.3) is 0 Å². The molecule has 0 bridgehead atoms. The summed E-state index contributed by atoms with van der Waals surface area (Å²) in [7, 11) is 0. The van der Waals surface area contributed by atoms with E-state index in [4.69, 9.17) is 0 Å². The van der Waals surface area contributed by atoms with Gasteiger partial charge >= 0.3 is 0 Å². The van der Waals surface area contributed by atoms with Crippen LogP contribution in [0.25, 0.3) is 0 Å². The van der Waals surface area contributed by atoms with Crippen LogP contribution in [-0.2, 0) is 6.54 Å². The van der Waals surface area contributed by atoms with Gasteiger partial charge in [-0.3, -0.25) is 4.90 Å². The molecule has 0 spiro atoms. The number of likely N-dealkylation sites (tertiary alicyclic amines) is 1. The summed E-state index contributed by atoms with van der Waals surface area (Å²) in [6, 6.07) is 1.88. The van der Waals surface area contributed by atoms with Crippen LogP contribution in [0.4, 0.5) is 5.95 Å². The minimum Gasteiger partial charge on any atom is -0.341 e. The third kappa shape index (κ3) is 3.23. The van der Waals surface area contributed by atoms with Crippen molar-refractivity contribution in [1.82, 2.24) is 19.9 Å². The molecule has 0 aliphatic carbocycles. The van der Waals surface area contributed by atoms with Gasteiger partial charge in [-0.25, -0.2) is 15.0 Å². The smallest absolute Gasteiger partial charge is 0.225 e. The van der Waals surface area contributed by atoms with Gasteiger partial charge in [0.1, 0.15) is 0 Å². The van der Waals surface area contributed by atoms with E-state index >= 15 is 0 Å². The van der Waals surface area contributed by atoms with Crippen LogP contribution in [0.1, 0.15) is 23.4 Å². The minimum absolute atomic E-state index is 0.817. The quantitative estimate of drug-likeness (QED) is 0.866. The molecule has 2 aliphatic heterocycles. The number of hydrogen-bond donors (Lipinski definition) is 0. The summed E-state index contributed by atoms with van der Waals surface area (Å²) in [4.78, 5) is 19.6. The number of nitrogens with zero attached hydrogens (tertiary/aromatic N) is 5. The first-order valence-corrected chi connectivity index (χ1v) is 9.31. The Hall–Kier alpha value is -1.53. The fourth-order valence-corrected chi connectivity index (χ4v) is 4.73. The van der Waals surface area contributed by atoms with E-state index in [1.54, 1.807) is 11.3 Å². The van der Waals surface area contributed by atoms with E-state index in [0.717, 1.165) is 37.4 Å². The van der Waals surface area contributed by atoms with Gasteiger partial charge in [-0.2, -0.15) is 0 Å². The van der Waals surface area contributed by atoms with Crippen LogP contribution in [0, 0.1) is 18.8 Å². The monoisotopic (exact) mass is 329 g/mol. The third-order valence-electron chi connectivity index (χ3n) is 5.24. The van der Waals surface area contributed by atoms with Crippen molar-refractivity contribution >= 4 is 17.3 Å². The molecule has 23 heavy (non-hydrogen) atoms. The number of hydrogen-bond acceptors (Lipinski definition) is 6. The zero-order valence-electron chi connectivity index (χ0n) is 13.6. The maximum absolute atomic E-state index is 4.41. The molecule has 0 unspecified atom stereocenters. The maximum atomic E-state index is 4.41. The van der Waals surface area contributed by atoms with Crippen molar-refractivity contribution in [2.45, 2.75) is 26.3 Å². The molecule has 0 saturated carbocycles. The summed E-state index contributed by atoms with van der Waals surface area (Å²) in [5.41, 5.74) is 3.17. The maximum Gasteiger partial charge on any atom is 0.225 e. The van der Waals surface area contributed by atoms with E-state index in [2.05, 4.69) is 31.7 Å². The van der Waals surface area contributed by atoms with Gasteiger partial charge in [0.2, 0.25) is 5.95 Å². The molecule has 2 saturated heterocycles. The lowest BCUT2D eigenvalue weighted by atomic mass is 9.92. The number of anilines is 1. The number of thiazole rings is 1. The Balaban J connectivity index is 1.37. The second-order valence-corrected chi connectivity index (χ2v) is 7.63. The van der Waals surface area contributed by atoms with Gasteiger partial charge in [0.15, 0.2) is 0 Å². The fourth-order valence-electron chi connectivity index (χ4n) is 3.91. The lowest BCUT2D eigenvalue weighted by Gasteiger charge is -2.21. The van der Waals surface area contributed by atoms with Crippen molar-refractivity contribution in [2.24, 2.45) is 11.8 Å². The van der Waals surface area contributed by atoms with E-state index in [9.17, 15) is 0 Å². The van der Waals surface area contributed by atoms with Crippen molar-refractivity contribution in [2.75, 3.05) is 31.1 Å². The van der Waals surface area contributed by atoms with Crippen LogP contribution in [0.3, 0.4) is 0 Å². The van der Waals surface area contributed by atoms with Crippen molar-refractivity contribution in [3.63, 3.8) is 0 Å². The molecule has 4 heterocycles. The summed E-state index contributed by atoms with van der Waals surface area (Å²) < 4.78 is 0. The molecule has 6 heteroatoms. The first-order chi connectivity index (χ1) is 11.3. The number of fused-ring (bicyclic) bond motifs is 1. The van der Waals surface area contributed by atoms with Crippen LogP contribution in [0.15, 0.2) is 24.0 Å². The molecule has 2 atom stereocenters. The second-order valence-electron chi connectivity index (χ2n) is 6.69. The number of aryl methyl sites for hydroxylation is 1. The van der Waals surface area contributed by atoms with Gasteiger partial charge in [0.05, 0.1) is 11.2 Å². The molecule has 2 fully saturated rings. The number of rotatable bonds is 3. The molecule has 2 aromatic rings. The first kappa shape index (κ1) is 15.0. The molecular formula is C17H23N5S. The molecule has 0 N–H and O–H groups in total. The van der Waals surface area contributed by atoms with Crippen LogP contribution in [0.2, 0.25) is 0 Å². The van der Waals surface area contributed by atoms with Crippen LogP contribution in [0.5, 0.6) is 0 Å². The molecule has 2 aliphatic rings. The standard InChI is InChI=1S/C17H23N5S/c1-13-16(23-12-20-13)11-21-9-14-3-7-22(8-4-15(14)10-21)17-18-5-2-6-19-17/h2,5-6,12,14-15H,3-4,7-11H2,1H3/t14-,15+. The van der Waals surface area contributed by atoms with Gasteiger partial charge in [0, 0.05) is 50.0 Å². The predicted molar refractivity (Wildman–Crippen MR) is 92.6 cm³/mol. The van der Waals surface area contributed by atoms with Crippen LogP contribution < -0.4 is 4.90 Å². The summed E-state index contributed by atoms with van der Waals surface area (Å²) in [5.74, 6) is 2.53. The Labute approximate surface area is 141 Å². The third-order valence-corrected chi connectivity index (χ3v) is 6.16. The van der Waals surface area contributed by atoms with E-state index in [0.29, 0.717) is 0 Å². The number of aromatic nitrogens is 3. The van der Waals surface area contributed by atoms with Crippen molar-refractivity contribution in [3.05, 3.63) is 34.5 Å². The average Bonchev–Trinajstić information content (AvgIpc) is 3.10. The molecule has 122 valence electrons. The molecule has 0 aromatic carbocycles. The normalized spacial score (nSPS) is 25.3. The van der Waals surface area contributed by atoms with Gasteiger partial charge in [-0.15, -0.1) is 11.3 Å². The Bertz CT molecular complexity index is 627. The molecule has 0 amide bonds. The highest BCUT2D eigenvalue weighted by atomic mass is 32.1. The zero-order chi connectivity index (χ0) is 15.6. The van der Waals surface area contributed by atoms with E-state index < -0.39 is 0 Å². The largest absolute Gasteiger partial charge is 0.341 e. The Morgan fingerprint density at radius 2 is 1.78 bits per heavy atom. The highest BCUT2D eigenvalue weighted by Gasteiger charge is 2.35. The SMILES string of the molecule is Cc1ncsc1CN1C[C@H]2CCN(c3ncccn3)CC[C@H]2C1. The molecule has 2 aromatic heterocycles. The first-order valence-electron chi connectivity index (χ1n) is 8.43. The summed E-state index contributed by atoms with van der Waals surface area (Å²) in [5, 5.41) is 0. The topological polar surface area (TPSA) is 45.2 Å². The van der Waals surface area contributed by atoms with Crippen molar-refractivity contribution in [3.8, 4) is 0 Å². The van der Waals surface area contributed by atoms with Crippen LogP contribution in [-0.4, -0.2) is 46.0 Å². The molecule has 4 rings (SSSR count). The van der Waals surface area contributed by atoms with Crippen LogP contribution >= 0.6 is 11.3 Å². The predicted octanol–water partition coefficient (Wildman–Crippen LogP) is 2.59. The Morgan fingerprint density at radius 3 is 2.39 bits per heavy atom. The summed E-state index contributed by atoms with van der Waals surface area (Å²) in [6.07, 6.45) is 6.18. The van der Waals surface area contributed by atoms with E-state index in [1.165, 1.54) is 36.5 Å². The van der Waals surface area contributed by atoms with E-state index in [1.807, 2.05) is 24.0 Å². The molecular weight excluding hydrogens is 306 g/mol. The van der Waals surface area contributed by atoms with Gasteiger partial charge in [-0.1, -0.05) is 0 Å². The summed E-state index contributed by atoms with van der Waals surface area (Å²) >= 11 is 1.79. The summed E-state index contributed by atoms with van der Waals surface area (Å²) in [6.45, 7) is 7.82. The van der Waals surface area contributed by atoms with Crippen molar-refractivity contribution in [1.29, 1.82) is 0 Å². The lowest BCUT2D eigenvalue weighted by molar-refractivity contribution is 0.311. The average molecular weight is 329 g/mol. The molecule has 5 nitrogen and oxygen atoms in total. The fraction of sp³-hybridized carbons (Fsp3) is 0.588. The highest BCUT2D eigenvalue weighted by Crippen LogP contribution is 2.33. The van der Waals surface area contributed by atoms with E-state index in [-0.39, 0.29) is 0 Å². The molecule has 0 radical (unpaired) electrons. The Morgan fingerprint density at radius 1 is 1.09 bits per heavy atom. The minimum atomic E-state index is 0.817. The van der Waals surface area contributed by atoms with Gasteiger partial charge in [-0.05, 0) is 37.7 Å². The second kappa shape index (κ2) is 6.53.